The average Bonchev–Trinajstić information content (AvgIpc) is 2.30. The first-order valence-electron chi connectivity index (χ1n) is 6.51. The summed E-state index contributed by atoms with van der Waals surface area (Å²) >= 11 is 0. The molecule has 17 heavy (non-hydrogen) atoms. The normalized spacial score (nSPS) is 19.6. The van der Waals surface area contributed by atoms with Crippen molar-refractivity contribution >= 4 is 10.0 Å². The standard InChI is InChI=1S/C11H25N3O2S/c1-2-10-17(15,16)14-8-4-11(5-9-14)13-7-3-6-12/h11,13H,2-10,12H2,1H3. The van der Waals surface area contributed by atoms with Gasteiger partial charge in [-0.05, 0) is 38.8 Å². The highest BCUT2D eigenvalue weighted by Crippen LogP contribution is 2.14. The Hall–Kier alpha value is -0.170. The van der Waals surface area contributed by atoms with E-state index in [1.807, 2.05) is 6.92 Å². The molecule has 0 saturated carbocycles. The highest BCUT2D eigenvalue weighted by atomic mass is 32.2. The quantitative estimate of drug-likeness (QED) is 0.640. The summed E-state index contributed by atoms with van der Waals surface area (Å²) in [6.45, 7) is 4.85. The van der Waals surface area contributed by atoms with Gasteiger partial charge in [0.05, 0.1) is 5.75 Å². The number of hydrogen-bond acceptors (Lipinski definition) is 4. The lowest BCUT2D eigenvalue weighted by molar-refractivity contribution is 0.289. The van der Waals surface area contributed by atoms with Crippen LogP contribution in [0.3, 0.4) is 0 Å². The second-order valence-electron chi connectivity index (χ2n) is 4.59. The van der Waals surface area contributed by atoms with Crippen LogP contribution in [-0.4, -0.2) is 50.7 Å². The fourth-order valence-corrected chi connectivity index (χ4v) is 3.67. The summed E-state index contributed by atoms with van der Waals surface area (Å²) in [7, 11) is -3.00. The number of nitrogens with two attached hydrogens (primary N) is 1. The second-order valence-corrected chi connectivity index (χ2v) is 6.67. The van der Waals surface area contributed by atoms with Gasteiger partial charge in [0.25, 0.3) is 0 Å². The molecule has 1 aliphatic rings. The summed E-state index contributed by atoms with van der Waals surface area (Å²) < 4.78 is 25.3. The van der Waals surface area contributed by atoms with Crippen LogP contribution in [-0.2, 0) is 10.0 Å². The summed E-state index contributed by atoms with van der Waals surface area (Å²) in [6, 6.07) is 0.453. The van der Waals surface area contributed by atoms with Gasteiger partial charge < -0.3 is 11.1 Å². The molecule has 1 saturated heterocycles. The van der Waals surface area contributed by atoms with Gasteiger partial charge in [0.2, 0.25) is 10.0 Å². The fraction of sp³-hybridized carbons (Fsp3) is 1.00. The van der Waals surface area contributed by atoms with E-state index in [1.165, 1.54) is 0 Å². The zero-order valence-corrected chi connectivity index (χ0v) is 11.5. The lowest BCUT2D eigenvalue weighted by Gasteiger charge is -2.31. The Morgan fingerprint density at radius 1 is 1.35 bits per heavy atom. The minimum atomic E-state index is -3.00. The molecule has 1 aliphatic heterocycles. The van der Waals surface area contributed by atoms with E-state index in [1.54, 1.807) is 4.31 Å². The predicted molar refractivity (Wildman–Crippen MR) is 70.3 cm³/mol. The van der Waals surface area contributed by atoms with Gasteiger partial charge in [0.15, 0.2) is 0 Å². The minimum Gasteiger partial charge on any atom is -0.330 e. The molecule has 0 aromatic carbocycles. The first-order chi connectivity index (χ1) is 8.10. The molecular formula is C11H25N3O2S. The second kappa shape index (κ2) is 7.31. The topological polar surface area (TPSA) is 75.4 Å². The molecule has 1 fully saturated rings. The number of rotatable bonds is 7. The summed E-state index contributed by atoms with van der Waals surface area (Å²) in [6.07, 6.45) is 3.49. The van der Waals surface area contributed by atoms with Crippen LogP contribution in [0, 0.1) is 0 Å². The molecule has 0 atom stereocenters. The molecule has 0 amide bonds. The maximum absolute atomic E-state index is 11.8. The fourth-order valence-electron chi connectivity index (χ4n) is 2.13. The third-order valence-corrected chi connectivity index (χ3v) is 5.20. The van der Waals surface area contributed by atoms with Crippen molar-refractivity contribution in [2.24, 2.45) is 5.73 Å². The third kappa shape index (κ3) is 4.91. The molecule has 5 nitrogen and oxygen atoms in total. The molecule has 0 aromatic heterocycles. The van der Waals surface area contributed by atoms with Crippen molar-refractivity contribution in [3.05, 3.63) is 0 Å². The van der Waals surface area contributed by atoms with E-state index in [0.29, 0.717) is 32.1 Å². The lowest BCUT2D eigenvalue weighted by atomic mass is 10.1. The van der Waals surface area contributed by atoms with Crippen molar-refractivity contribution in [3.8, 4) is 0 Å². The Balaban J connectivity index is 2.30. The molecule has 0 aliphatic carbocycles. The Morgan fingerprint density at radius 2 is 2.00 bits per heavy atom. The largest absolute Gasteiger partial charge is 0.330 e. The van der Waals surface area contributed by atoms with Crippen molar-refractivity contribution in [2.45, 2.75) is 38.6 Å². The van der Waals surface area contributed by atoms with E-state index in [-0.39, 0.29) is 5.75 Å². The van der Waals surface area contributed by atoms with Crippen LogP contribution in [0.5, 0.6) is 0 Å². The molecule has 102 valence electrons. The van der Waals surface area contributed by atoms with Crippen LogP contribution in [0.25, 0.3) is 0 Å². The van der Waals surface area contributed by atoms with Gasteiger partial charge in [-0.1, -0.05) is 6.92 Å². The predicted octanol–water partition coefficient (Wildman–Crippen LogP) is 0.129. The molecule has 1 heterocycles. The first-order valence-corrected chi connectivity index (χ1v) is 8.12. The number of hydrogen-bond donors (Lipinski definition) is 2. The van der Waals surface area contributed by atoms with Crippen LogP contribution in [0.4, 0.5) is 0 Å². The Morgan fingerprint density at radius 3 is 2.53 bits per heavy atom. The van der Waals surface area contributed by atoms with Gasteiger partial charge in [0.1, 0.15) is 0 Å². The van der Waals surface area contributed by atoms with Gasteiger partial charge in [0, 0.05) is 19.1 Å². The van der Waals surface area contributed by atoms with Crippen molar-refractivity contribution < 1.29 is 8.42 Å². The maximum Gasteiger partial charge on any atom is 0.214 e. The molecular weight excluding hydrogens is 238 g/mol. The Labute approximate surface area is 105 Å². The number of nitrogens with zero attached hydrogens (tertiary/aromatic N) is 1. The SMILES string of the molecule is CCCS(=O)(=O)N1CCC(NCCCN)CC1. The van der Waals surface area contributed by atoms with E-state index in [2.05, 4.69) is 5.32 Å². The van der Waals surface area contributed by atoms with Gasteiger partial charge in [-0.15, -0.1) is 0 Å². The number of nitrogens with one attached hydrogen (secondary N) is 1. The number of sulfonamides is 1. The zero-order valence-electron chi connectivity index (χ0n) is 10.7. The zero-order chi connectivity index (χ0) is 12.7. The van der Waals surface area contributed by atoms with Crippen molar-refractivity contribution in [3.63, 3.8) is 0 Å². The molecule has 3 N–H and O–H groups in total. The third-order valence-electron chi connectivity index (χ3n) is 3.12. The molecule has 0 radical (unpaired) electrons. The summed E-state index contributed by atoms with van der Waals surface area (Å²) in [5.41, 5.74) is 5.43. The lowest BCUT2D eigenvalue weighted by Crippen LogP contribution is -2.45. The van der Waals surface area contributed by atoms with Crippen LogP contribution in [0.15, 0.2) is 0 Å². The smallest absolute Gasteiger partial charge is 0.214 e. The van der Waals surface area contributed by atoms with Crippen molar-refractivity contribution in [1.29, 1.82) is 0 Å². The van der Waals surface area contributed by atoms with Crippen molar-refractivity contribution in [2.75, 3.05) is 31.9 Å². The minimum absolute atomic E-state index is 0.276. The molecule has 6 heteroatoms. The summed E-state index contributed by atoms with van der Waals surface area (Å²) in [5, 5.41) is 3.43. The van der Waals surface area contributed by atoms with Crippen LogP contribution in [0.1, 0.15) is 32.6 Å². The van der Waals surface area contributed by atoms with E-state index in [4.69, 9.17) is 5.73 Å². The molecule has 0 unspecified atom stereocenters. The van der Waals surface area contributed by atoms with Gasteiger partial charge in [-0.2, -0.15) is 0 Å². The Bertz CT molecular complexity index is 298. The summed E-state index contributed by atoms with van der Waals surface area (Å²) in [5.74, 6) is 0.276. The monoisotopic (exact) mass is 263 g/mol. The van der Waals surface area contributed by atoms with Crippen LogP contribution in [0.2, 0.25) is 0 Å². The molecule has 0 aromatic rings. The van der Waals surface area contributed by atoms with Gasteiger partial charge in [-0.3, -0.25) is 0 Å². The highest BCUT2D eigenvalue weighted by molar-refractivity contribution is 7.89. The van der Waals surface area contributed by atoms with Gasteiger partial charge >= 0.3 is 0 Å². The molecule has 0 spiro atoms. The van der Waals surface area contributed by atoms with Gasteiger partial charge in [-0.25, -0.2) is 12.7 Å². The van der Waals surface area contributed by atoms with Crippen LogP contribution >= 0.6 is 0 Å². The number of piperidine rings is 1. The first kappa shape index (κ1) is 14.9. The maximum atomic E-state index is 11.8. The highest BCUT2D eigenvalue weighted by Gasteiger charge is 2.26. The summed E-state index contributed by atoms with van der Waals surface area (Å²) in [4.78, 5) is 0. The van der Waals surface area contributed by atoms with E-state index >= 15 is 0 Å². The Kier molecular flexibility index (Phi) is 6.40. The van der Waals surface area contributed by atoms with E-state index in [0.717, 1.165) is 25.8 Å². The van der Waals surface area contributed by atoms with E-state index < -0.39 is 10.0 Å². The van der Waals surface area contributed by atoms with E-state index in [9.17, 15) is 8.42 Å². The molecule has 1 rings (SSSR count). The van der Waals surface area contributed by atoms with Crippen LogP contribution < -0.4 is 11.1 Å². The average molecular weight is 263 g/mol. The van der Waals surface area contributed by atoms with Crippen molar-refractivity contribution in [1.82, 2.24) is 9.62 Å². The molecule has 0 bridgehead atoms.